The first kappa shape index (κ1) is 18.8. The molecule has 4 rings (SSSR count). The number of benzene rings is 2. The Kier molecular flexibility index (Phi) is 5.09. The Morgan fingerprint density at radius 1 is 1.28 bits per heavy atom. The minimum Gasteiger partial charge on any atom is -0.479 e. The maximum Gasteiger partial charge on any atom is 0.265 e. The van der Waals surface area contributed by atoms with Crippen LogP contribution >= 0.6 is 11.3 Å². The molecule has 8 heteroatoms. The molecule has 2 heterocycles. The molecule has 0 fully saturated rings. The van der Waals surface area contributed by atoms with E-state index in [-0.39, 0.29) is 17.6 Å². The smallest absolute Gasteiger partial charge is 0.265 e. The number of thiazole rings is 1. The second kappa shape index (κ2) is 7.84. The van der Waals surface area contributed by atoms with Crippen LogP contribution in [-0.2, 0) is 9.59 Å². The minimum atomic E-state index is -0.530. The van der Waals surface area contributed by atoms with Crippen LogP contribution in [0.2, 0.25) is 0 Å². The summed E-state index contributed by atoms with van der Waals surface area (Å²) in [7, 11) is 0. The van der Waals surface area contributed by atoms with Gasteiger partial charge < -0.3 is 10.1 Å². The van der Waals surface area contributed by atoms with Crippen LogP contribution in [0.3, 0.4) is 0 Å². The number of nitrogens with zero attached hydrogens (tertiary/aromatic N) is 1. The van der Waals surface area contributed by atoms with Crippen molar-refractivity contribution in [2.75, 3.05) is 10.6 Å². The third-order valence-corrected chi connectivity index (χ3v) is 5.00. The number of carbonyl (C=O) groups is 2. The van der Waals surface area contributed by atoms with E-state index in [2.05, 4.69) is 15.6 Å². The molecule has 2 N–H and O–H groups in total. The average molecular weight is 409 g/mol. The molecular formula is C21H16FN3O3S. The highest BCUT2D eigenvalue weighted by molar-refractivity contribution is 7.14. The predicted molar refractivity (Wildman–Crippen MR) is 110 cm³/mol. The lowest BCUT2D eigenvalue weighted by Gasteiger charge is -2.23. The third-order valence-electron chi connectivity index (χ3n) is 4.24. The number of amides is 2. The lowest BCUT2D eigenvalue weighted by Crippen LogP contribution is -2.34. The van der Waals surface area contributed by atoms with E-state index in [0.29, 0.717) is 27.8 Å². The topological polar surface area (TPSA) is 80.3 Å². The Bertz CT molecular complexity index is 1110. The fourth-order valence-electron chi connectivity index (χ4n) is 2.72. The van der Waals surface area contributed by atoms with Crippen LogP contribution in [0.5, 0.6) is 5.75 Å². The summed E-state index contributed by atoms with van der Waals surface area (Å²) in [5, 5.41) is 7.77. The van der Waals surface area contributed by atoms with Crippen LogP contribution in [0.25, 0.3) is 17.3 Å². The Morgan fingerprint density at radius 2 is 2.07 bits per heavy atom. The summed E-state index contributed by atoms with van der Waals surface area (Å²) in [6.45, 7) is 1.69. The van der Waals surface area contributed by atoms with Crippen LogP contribution in [0, 0.1) is 5.82 Å². The van der Waals surface area contributed by atoms with E-state index in [0.717, 1.165) is 5.56 Å². The second-order valence-electron chi connectivity index (χ2n) is 6.37. The standard InChI is InChI=1S/C21H16FN3O3S/c1-12-20(27)23-16-10-14(5-8-18(16)28-12)17-11-29-21(24-17)25-19(26)9-4-13-2-6-15(22)7-3-13/h2-12H,1H3,(H,23,27)(H,24,25,26). The lowest BCUT2D eigenvalue weighted by molar-refractivity contribution is -0.122. The van der Waals surface area contributed by atoms with E-state index in [4.69, 9.17) is 4.74 Å². The molecule has 0 saturated heterocycles. The molecule has 2 aromatic carbocycles. The van der Waals surface area contributed by atoms with Crippen molar-refractivity contribution in [3.63, 3.8) is 0 Å². The molecule has 146 valence electrons. The van der Waals surface area contributed by atoms with Crippen molar-refractivity contribution in [1.82, 2.24) is 4.98 Å². The van der Waals surface area contributed by atoms with Gasteiger partial charge in [0.15, 0.2) is 11.2 Å². The number of rotatable bonds is 4. The van der Waals surface area contributed by atoms with Crippen molar-refractivity contribution in [2.24, 2.45) is 0 Å². The van der Waals surface area contributed by atoms with Gasteiger partial charge in [-0.3, -0.25) is 14.9 Å². The van der Waals surface area contributed by atoms with E-state index >= 15 is 0 Å². The largest absolute Gasteiger partial charge is 0.479 e. The van der Waals surface area contributed by atoms with Gasteiger partial charge in [0.05, 0.1) is 11.4 Å². The van der Waals surface area contributed by atoms with Gasteiger partial charge in [0.1, 0.15) is 11.6 Å². The monoisotopic (exact) mass is 409 g/mol. The molecule has 29 heavy (non-hydrogen) atoms. The van der Waals surface area contributed by atoms with E-state index < -0.39 is 6.10 Å². The molecule has 1 atom stereocenters. The predicted octanol–water partition coefficient (Wildman–Crippen LogP) is 4.32. The zero-order chi connectivity index (χ0) is 20.4. The first-order chi connectivity index (χ1) is 14.0. The van der Waals surface area contributed by atoms with Crippen molar-refractivity contribution < 1.29 is 18.7 Å². The highest BCUT2D eigenvalue weighted by Crippen LogP contribution is 2.34. The molecule has 0 saturated carbocycles. The van der Waals surface area contributed by atoms with Crippen LogP contribution in [-0.4, -0.2) is 22.9 Å². The number of ether oxygens (including phenoxy) is 1. The molecule has 6 nitrogen and oxygen atoms in total. The van der Waals surface area contributed by atoms with Gasteiger partial charge in [-0.25, -0.2) is 9.37 Å². The van der Waals surface area contributed by atoms with Crippen molar-refractivity contribution in [3.8, 4) is 17.0 Å². The fraction of sp³-hybridized carbons (Fsp3) is 0.0952. The van der Waals surface area contributed by atoms with Gasteiger partial charge >= 0.3 is 0 Å². The Morgan fingerprint density at radius 3 is 2.86 bits per heavy atom. The number of aromatic nitrogens is 1. The molecule has 2 amide bonds. The van der Waals surface area contributed by atoms with E-state index in [1.807, 2.05) is 11.4 Å². The zero-order valence-electron chi connectivity index (χ0n) is 15.3. The highest BCUT2D eigenvalue weighted by atomic mass is 32.1. The van der Waals surface area contributed by atoms with E-state index in [1.165, 1.54) is 29.5 Å². The normalized spacial score (nSPS) is 15.5. The van der Waals surface area contributed by atoms with Gasteiger partial charge in [0, 0.05) is 17.0 Å². The van der Waals surface area contributed by atoms with Crippen LogP contribution in [0.4, 0.5) is 15.2 Å². The summed E-state index contributed by atoms with van der Waals surface area (Å²) in [6.07, 6.45) is 2.43. The fourth-order valence-corrected chi connectivity index (χ4v) is 3.45. The third kappa shape index (κ3) is 4.33. The number of fused-ring (bicyclic) bond motifs is 1. The van der Waals surface area contributed by atoms with Gasteiger partial charge in [0.25, 0.3) is 5.91 Å². The van der Waals surface area contributed by atoms with Gasteiger partial charge in [0.2, 0.25) is 5.91 Å². The van der Waals surface area contributed by atoms with Crippen LogP contribution < -0.4 is 15.4 Å². The van der Waals surface area contributed by atoms with Crippen LogP contribution in [0.1, 0.15) is 12.5 Å². The van der Waals surface area contributed by atoms with Crippen LogP contribution in [0.15, 0.2) is 53.9 Å². The Labute approximate surface area is 170 Å². The van der Waals surface area contributed by atoms with E-state index in [1.54, 1.807) is 37.3 Å². The average Bonchev–Trinajstić information content (AvgIpc) is 3.16. The summed E-state index contributed by atoms with van der Waals surface area (Å²) >= 11 is 1.29. The lowest BCUT2D eigenvalue weighted by atomic mass is 10.1. The molecule has 3 aromatic rings. The van der Waals surface area contributed by atoms with Gasteiger partial charge in [-0.1, -0.05) is 12.1 Å². The van der Waals surface area contributed by atoms with Crippen molar-refractivity contribution in [2.45, 2.75) is 13.0 Å². The first-order valence-electron chi connectivity index (χ1n) is 8.80. The van der Waals surface area contributed by atoms with Gasteiger partial charge in [-0.2, -0.15) is 0 Å². The molecule has 0 aliphatic carbocycles. The maximum atomic E-state index is 12.9. The summed E-state index contributed by atoms with van der Waals surface area (Å²) in [4.78, 5) is 28.3. The Balaban J connectivity index is 1.44. The summed E-state index contributed by atoms with van der Waals surface area (Å²) < 4.78 is 18.5. The zero-order valence-corrected chi connectivity index (χ0v) is 16.1. The van der Waals surface area contributed by atoms with Gasteiger partial charge in [-0.15, -0.1) is 11.3 Å². The summed E-state index contributed by atoms with van der Waals surface area (Å²) in [5.41, 5.74) is 2.77. The minimum absolute atomic E-state index is 0.200. The molecule has 0 radical (unpaired) electrons. The molecule has 1 unspecified atom stereocenters. The number of halogens is 1. The number of hydrogen-bond donors (Lipinski definition) is 2. The molecule has 0 bridgehead atoms. The Hall–Kier alpha value is -3.52. The maximum absolute atomic E-state index is 12.9. The highest BCUT2D eigenvalue weighted by Gasteiger charge is 2.23. The number of hydrogen-bond acceptors (Lipinski definition) is 5. The number of anilines is 2. The van der Waals surface area contributed by atoms with Gasteiger partial charge in [-0.05, 0) is 48.9 Å². The van der Waals surface area contributed by atoms with Crippen molar-refractivity contribution in [3.05, 3.63) is 65.3 Å². The molecule has 0 spiro atoms. The number of nitrogens with one attached hydrogen (secondary N) is 2. The molecule has 1 aliphatic rings. The molecular weight excluding hydrogens is 393 g/mol. The van der Waals surface area contributed by atoms with Crippen molar-refractivity contribution in [1.29, 1.82) is 0 Å². The first-order valence-corrected chi connectivity index (χ1v) is 9.68. The number of carbonyl (C=O) groups excluding carboxylic acids is 2. The summed E-state index contributed by atoms with van der Waals surface area (Å²) in [5.74, 6) is -0.260. The molecule has 1 aliphatic heterocycles. The summed E-state index contributed by atoms with van der Waals surface area (Å²) in [6, 6.07) is 11.2. The molecule has 1 aromatic heterocycles. The SMILES string of the molecule is CC1Oc2ccc(-c3csc(NC(=O)C=Cc4ccc(F)cc4)n3)cc2NC1=O. The van der Waals surface area contributed by atoms with Crippen molar-refractivity contribution >= 4 is 40.0 Å². The second-order valence-corrected chi connectivity index (χ2v) is 7.23. The quantitative estimate of drug-likeness (QED) is 0.629. The van der Waals surface area contributed by atoms with E-state index in [9.17, 15) is 14.0 Å².